The van der Waals surface area contributed by atoms with E-state index >= 15 is 0 Å². The summed E-state index contributed by atoms with van der Waals surface area (Å²) in [5.41, 5.74) is 0. The van der Waals surface area contributed by atoms with Gasteiger partial charge in [-0.05, 0) is 59.8 Å². The Balaban J connectivity index is 2.00. The summed E-state index contributed by atoms with van der Waals surface area (Å²) in [6.45, 7) is 1.63. The molecule has 2 aromatic rings. The maximum absolute atomic E-state index is 12.0. The second-order valence-corrected chi connectivity index (χ2v) is 6.27. The van der Waals surface area contributed by atoms with Crippen LogP contribution in [0.3, 0.4) is 0 Å². The van der Waals surface area contributed by atoms with Gasteiger partial charge >= 0.3 is 0 Å². The van der Waals surface area contributed by atoms with Crippen LogP contribution in [0.4, 0.5) is 5.82 Å². The van der Waals surface area contributed by atoms with Crippen molar-refractivity contribution in [1.29, 1.82) is 0 Å². The lowest BCUT2D eigenvalue weighted by Crippen LogP contribution is -2.30. The highest BCUT2D eigenvalue weighted by Crippen LogP contribution is 2.28. The van der Waals surface area contributed by atoms with Crippen LogP contribution in [-0.2, 0) is 4.79 Å². The summed E-state index contributed by atoms with van der Waals surface area (Å²) in [6, 6.07) is 8.40. The largest absolute Gasteiger partial charge is 0.479 e. The average Bonchev–Trinajstić information content (AvgIpc) is 2.44. The second kappa shape index (κ2) is 7.29. The summed E-state index contributed by atoms with van der Waals surface area (Å²) in [6.07, 6.45) is 0.947. The van der Waals surface area contributed by atoms with Crippen LogP contribution in [0, 0.1) is 3.57 Å². The first-order chi connectivity index (χ1) is 9.95. The van der Waals surface area contributed by atoms with E-state index < -0.39 is 6.10 Å². The molecule has 0 radical (unpaired) electrons. The van der Waals surface area contributed by atoms with Crippen molar-refractivity contribution in [2.75, 3.05) is 5.32 Å². The normalized spacial score (nSPS) is 11.8. The van der Waals surface area contributed by atoms with E-state index in [9.17, 15) is 4.79 Å². The molecule has 0 aliphatic rings. The Kier molecular flexibility index (Phi) is 5.66. The van der Waals surface area contributed by atoms with Gasteiger partial charge in [0.1, 0.15) is 11.6 Å². The number of halogens is 3. The number of carbonyl (C=O) groups is 1. The predicted molar refractivity (Wildman–Crippen MR) is 92.1 cm³/mol. The number of anilines is 1. The lowest BCUT2D eigenvalue weighted by molar-refractivity contribution is -0.122. The molecule has 0 spiro atoms. The molecule has 1 atom stereocenters. The van der Waals surface area contributed by atoms with Crippen LogP contribution in [-0.4, -0.2) is 17.0 Å². The molecule has 1 aromatic heterocycles. The van der Waals surface area contributed by atoms with Crippen LogP contribution in [0.1, 0.15) is 6.92 Å². The number of pyridine rings is 1. The van der Waals surface area contributed by atoms with Gasteiger partial charge in [-0.25, -0.2) is 4.98 Å². The molecule has 4 nitrogen and oxygen atoms in total. The standard InChI is InChI=1S/C14H11Cl2IN2O2/c1-8(21-12-4-2-9(15)6-11(12)16)14(20)19-13-5-3-10(17)7-18-13/h2-8H,1H3,(H,18,19,20). The molecule has 1 amide bonds. The first-order valence-electron chi connectivity index (χ1n) is 6.00. The lowest BCUT2D eigenvalue weighted by atomic mass is 10.3. The maximum atomic E-state index is 12.0. The van der Waals surface area contributed by atoms with Gasteiger partial charge in [0.15, 0.2) is 6.10 Å². The van der Waals surface area contributed by atoms with Crippen LogP contribution in [0.5, 0.6) is 5.75 Å². The van der Waals surface area contributed by atoms with Crippen LogP contribution < -0.4 is 10.1 Å². The number of rotatable bonds is 4. The number of carbonyl (C=O) groups excluding carboxylic acids is 1. The Bertz CT molecular complexity index is 650. The van der Waals surface area contributed by atoms with Gasteiger partial charge in [0.25, 0.3) is 5.91 Å². The molecule has 2 rings (SSSR count). The van der Waals surface area contributed by atoms with E-state index in [1.165, 1.54) is 0 Å². The molecule has 1 aromatic carbocycles. The number of benzene rings is 1. The van der Waals surface area contributed by atoms with Crippen molar-refractivity contribution in [2.24, 2.45) is 0 Å². The third-order valence-electron chi connectivity index (χ3n) is 2.55. The number of nitrogens with zero attached hydrogens (tertiary/aromatic N) is 1. The lowest BCUT2D eigenvalue weighted by Gasteiger charge is -2.15. The van der Waals surface area contributed by atoms with Crippen molar-refractivity contribution >= 4 is 57.5 Å². The summed E-state index contributed by atoms with van der Waals surface area (Å²) >= 11 is 13.9. The zero-order chi connectivity index (χ0) is 15.4. The van der Waals surface area contributed by atoms with E-state index in [-0.39, 0.29) is 5.91 Å². The molecule has 0 bridgehead atoms. The van der Waals surface area contributed by atoms with Crippen molar-refractivity contribution in [3.8, 4) is 5.75 Å². The Hall–Kier alpha value is -1.05. The van der Waals surface area contributed by atoms with Gasteiger partial charge in [-0.1, -0.05) is 23.2 Å². The number of nitrogens with one attached hydrogen (secondary N) is 1. The average molecular weight is 437 g/mol. The molecule has 0 fully saturated rings. The Morgan fingerprint density at radius 3 is 2.71 bits per heavy atom. The maximum Gasteiger partial charge on any atom is 0.266 e. The smallest absolute Gasteiger partial charge is 0.266 e. The molecule has 110 valence electrons. The summed E-state index contributed by atoms with van der Waals surface area (Å²) in [5, 5.41) is 3.54. The molecule has 21 heavy (non-hydrogen) atoms. The fourth-order valence-electron chi connectivity index (χ4n) is 1.49. The molecule has 1 N–H and O–H groups in total. The number of hydrogen-bond donors (Lipinski definition) is 1. The van der Waals surface area contributed by atoms with Gasteiger partial charge < -0.3 is 10.1 Å². The molecule has 0 saturated carbocycles. The monoisotopic (exact) mass is 436 g/mol. The first-order valence-corrected chi connectivity index (χ1v) is 7.83. The molecular formula is C14H11Cl2IN2O2. The molecule has 1 unspecified atom stereocenters. The van der Waals surface area contributed by atoms with Crippen molar-refractivity contribution in [3.05, 3.63) is 50.1 Å². The van der Waals surface area contributed by atoms with E-state index in [1.807, 2.05) is 6.07 Å². The van der Waals surface area contributed by atoms with Crippen molar-refractivity contribution in [1.82, 2.24) is 4.98 Å². The number of hydrogen-bond acceptors (Lipinski definition) is 3. The highest BCUT2D eigenvalue weighted by molar-refractivity contribution is 14.1. The van der Waals surface area contributed by atoms with E-state index in [0.717, 1.165) is 3.57 Å². The van der Waals surface area contributed by atoms with E-state index in [1.54, 1.807) is 37.4 Å². The minimum absolute atomic E-state index is 0.310. The van der Waals surface area contributed by atoms with Crippen molar-refractivity contribution in [3.63, 3.8) is 0 Å². The molecule has 0 aliphatic carbocycles. The van der Waals surface area contributed by atoms with Gasteiger partial charge in [0.2, 0.25) is 0 Å². The highest BCUT2D eigenvalue weighted by Gasteiger charge is 2.16. The Labute approximate surface area is 145 Å². The van der Waals surface area contributed by atoms with Crippen LogP contribution in [0.15, 0.2) is 36.5 Å². The van der Waals surface area contributed by atoms with Gasteiger partial charge in [-0.15, -0.1) is 0 Å². The van der Waals surface area contributed by atoms with E-state index in [2.05, 4.69) is 32.9 Å². The predicted octanol–water partition coefficient (Wildman–Crippen LogP) is 4.40. The van der Waals surface area contributed by atoms with Crippen molar-refractivity contribution < 1.29 is 9.53 Å². The Morgan fingerprint density at radius 2 is 2.10 bits per heavy atom. The molecule has 0 aliphatic heterocycles. The van der Waals surface area contributed by atoms with Gasteiger partial charge in [0.05, 0.1) is 5.02 Å². The zero-order valence-electron chi connectivity index (χ0n) is 10.9. The van der Waals surface area contributed by atoms with Crippen molar-refractivity contribution in [2.45, 2.75) is 13.0 Å². The summed E-state index contributed by atoms with van der Waals surface area (Å²) in [4.78, 5) is 16.1. The molecular weight excluding hydrogens is 426 g/mol. The van der Waals surface area contributed by atoms with Gasteiger partial charge in [0, 0.05) is 14.8 Å². The third-order valence-corrected chi connectivity index (χ3v) is 3.71. The number of ether oxygens (including phenoxy) is 1. The fourth-order valence-corrected chi connectivity index (χ4v) is 2.26. The number of aromatic nitrogens is 1. The van der Waals surface area contributed by atoms with E-state index in [4.69, 9.17) is 27.9 Å². The Morgan fingerprint density at radius 1 is 1.33 bits per heavy atom. The minimum atomic E-state index is -0.718. The first kappa shape index (κ1) is 16.3. The van der Waals surface area contributed by atoms with E-state index in [0.29, 0.717) is 21.6 Å². The fraction of sp³-hybridized carbons (Fsp3) is 0.143. The summed E-state index contributed by atoms with van der Waals surface area (Å²) in [7, 11) is 0. The molecule has 7 heteroatoms. The van der Waals surface area contributed by atoms with Crippen LogP contribution in [0.25, 0.3) is 0 Å². The molecule has 0 saturated heterocycles. The molecule has 1 heterocycles. The SMILES string of the molecule is CC(Oc1ccc(Cl)cc1Cl)C(=O)Nc1ccc(I)cn1. The second-order valence-electron chi connectivity index (χ2n) is 4.19. The zero-order valence-corrected chi connectivity index (χ0v) is 14.6. The van der Waals surface area contributed by atoms with Crippen LogP contribution in [0.2, 0.25) is 10.0 Å². The summed E-state index contributed by atoms with van der Waals surface area (Å²) < 4.78 is 6.51. The third kappa shape index (κ3) is 4.72. The minimum Gasteiger partial charge on any atom is -0.479 e. The van der Waals surface area contributed by atoms with Gasteiger partial charge in [-0.3, -0.25) is 4.79 Å². The topological polar surface area (TPSA) is 51.2 Å². The quantitative estimate of drug-likeness (QED) is 0.722. The van der Waals surface area contributed by atoms with Crippen LogP contribution >= 0.6 is 45.8 Å². The van der Waals surface area contributed by atoms with Gasteiger partial charge in [-0.2, -0.15) is 0 Å². The highest BCUT2D eigenvalue weighted by atomic mass is 127. The summed E-state index contributed by atoms with van der Waals surface area (Å²) in [5.74, 6) is 0.562. The number of amides is 1.